The molecule has 0 saturated carbocycles. The van der Waals surface area contributed by atoms with Crippen LogP contribution in [0, 0.1) is 0 Å². The predicted octanol–water partition coefficient (Wildman–Crippen LogP) is 3.43. The van der Waals surface area contributed by atoms with Gasteiger partial charge in [0.25, 0.3) is 5.56 Å². The van der Waals surface area contributed by atoms with Crippen molar-refractivity contribution < 1.29 is 14.4 Å². The fourth-order valence-corrected chi connectivity index (χ4v) is 4.74. The lowest BCUT2D eigenvalue weighted by molar-refractivity contribution is -0.303. The van der Waals surface area contributed by atoms with E-state index in [2.05, 4.69) is 33.4 Å². The summed E-state index contributed by atoms with van der Waals surface area (Å²) in [7, 11) is 0. The predicted molar refractivity (Wildman–Crippen MR) is 137 cm³/mol. The molecule has 1 atom stereocenters. The van der Waals surface area contributed by atoms with Crippen LogP contribution in [-0.2, 0) is 17.7 Å². The summed E-state index contributed by atoms with van der Waals surface area (Å²) in [6.07, 6.45) is 0.919. The van der Waals surface area contributed by atoms with E-state index in [0.717, 1.165) is 59.7 Å². The van der Waals surface area contributed by atoms with E-state index in [4.69, 9.17) is 9.72 Å². The summed E-state index contributed by atoms with van der Waals surface area (Å²) >= 11 is 0. The average Bonchev–Trinajstić information content (AvgIpc) is 3.37. The minimum Gasteiger partial charge on any atom is -0.528 e. The molecule has 1 aliphatic heterocycles. The topological polar surface area (TPSA) is 109 Å². The lowest BCUT2D eigenvalue weighted by atomic mass is 9.98. The molecule has 1 unspecified atom stereocenters. The van der Waals surface area contributed by atoms with E-state index in [1.54, 1.807) is 10.6 Å². The molecule has 4 aromatic rings. The lowest BCUT2D eigenvalue weighted by Gasteiger charge is -2.32. The Bertz CT molecular complexity index is 1410. The van der Waals surface area contributed by atoms with E-state index in [9.17, 15) is 9.90 Å². The summed E-state index contributed by atoms with van der Waals surface area (Å²) in [5, 5.41) is 15.2. The zero-order valence-electron chi connectivity index (χ0n) is 21.1. The van der Waals surface area contributed by atoms with E-state index < -0.39 is 6.08 Å². The third-order valence-electron chi connectivity index (χ3n) is 6.78. The number of morpholine rings is 1. The first-order chi connectivity index (χ1) is 18.0. The molecule has 9 heteroatoms. The highest BCUT2D eigenvalue weighted by Gasteiger charge is 2.21. The molecule has 9 nitrogen and oxygen atoms in total. The molecular formula is C28H30N5O4-. The van der Waals surface area contributed by atoms with E-state index in [1.165, 1.54) is 0 Å². The molecule has 5 rings (SSSR count). The normalized spacial score (nSPS) is 15.1. The summed E-state index contributed by atoms with van der Waals surface area (Å²) in [4.78, 5) is 24.3. The number of rotatable bonds is 8. The summed E-state index contributed by atoms with van der Waals surface area (Å²) in [5.41, 5.74) is 4.34. The third-order valence-corrected chi connectivity index (χ3v) is 6.78. The molecule has 2 aromatic carbocycles. The maximum Gasteiger partial charge on any atom is 0.254 e. The van der Waals surface area contributed by atoms with Crippen LogP contribution < -0.4 is 10.7 Å². The molecule has 1 fully saturated rings. The molecular weight excluding hydrogens is 470 g/mol. The van der Waals surface area contributed by atoms with Crippen LogP contribution in [-0.4, -0.2) is 50.9 Å². The average molecular weight is 501 g/mol. The van der Waals surface area contributed by atoms with Crippen molar-refractivity contribution in [2.45, 2.75) is 39.3 Å². The molecule has 192 valence electrons. The zero-order chi connectivity index (χ0) is 25.8. The van der Waals surface area contributed by atoms with Gasteiger partial charge in [-0.05, 0) is 30.0 Å². The summed E-state index contributed by atoms with van der Waals surface area (Å²) < 4.78 is 11.9. The van der Waals surface area contributed by atoms with Gasteiger partial charge in [0.2, 0.25) is 0 Å². The minimum atomic E-state index is -0.715. The van der Waals surface area contributed by atoms with Crippen molar-refractivity contribution in [1.82, 2.24) is 24.6 Å². The van der Waals surface area contributed by atoms with Crippen LogP contribution in [0.3, 0.4) is 0 Å². The number of aromatic nitrogens is 4. The molecule has 0 amide bonds. The number of aryl methyl sites for hydroxylation is 1. The Morgan fingerprint density at radius 1 is 1.03 bits per heavy atom. The van der Waals surface area contributed by atoms with Gasteiger partial charge in [0.05, 0.1) is 25.5 Å². The maximum absolute atomic E-state index is 13.3. The van der Waals surface area contributed by atoms with Gasteiger partial charge < -0.3 is 14.4 Å². The first kappa shape index (κ1) is 24.9. The maximum atomic E-state index is 13.3. The van der Waals surface area contributed by atoms with Crippen LogP contribution in [0.15, 0.2) is 63.9 Å². The highest BCUT2D eigenvalue weighted by atomic mass is 16.6. The molecule has 1 saturated heterocycles. The molecule has 37 heavy (non-hydrogen) atoms. The highest BCUT2D eigenvalue weighted by molar-refractivity contribution is 5.80. The number of nitrogens with zero attached hydrogens (tertiary/aromatic N) is 5. The quantitative estimate of drug-likeness (QED) is 0.362. The van der Waals surface area contributed by atoms with Crippen molar-refractivity contribution in [2.24, 2.45) is 0 Å². The number of benzene rings is 2. The van der Waals surface area contributed by atoms with E-state index in [-0.39, 0.29) is 17.4 Å². The summed E-state index contributed by atoms with van der Waals surface area (Å²) in [6.45, 7) is 7.75. The molecule has 2 aromatic heterocycles. The van der Waals surface area contributed by atoms with Crippen LogP contribution >= 0.6 is 0 Å². The fraction of sp³-hybridized carbons (Fsp3) is 0.357. The monoisotopic (exact) mass is 500 g/mol. The second kappa shape index (κ2) is 11.1. The van der Waals surface area contributed by atoms with Gasteiger partial charge in [-0.3, -0.25) is 14.3 Å². The van der Waals surface area contributed by atoms with E-state index in [0.29, 0.717) is 19.8 Å². The SMILES string of the molecule is CCCc1nc(C(C)N2CCOCC2)cc(=O)n1Cc1ccc(-c2ccccc2-c2noc([O-])n2)cc1. The standard InChI is InChI=1S/C28H31N5O4/c1-3-6-25-29-24(19(2)32-13-15-36-16-14-32)17-26(34)33(25)18-20-9-11-21(12-10-20)22-7-4-5-8-23(22)27-30-28(35)37-31-27/h4-5,7-12,17,19H,3,6,13-16,18H2,1-2H3,(H,30,31,35)/p-1. The van der Waals surface area contributed by atoms with Crippen LogP contribution in [0.1, 0.15) is 43.4 Å². The highest BCUT2D eigenvalue weighted by Crippen LogP contribution is 2.31. The van der Waals surface area contributed by atoms with Gasteiger partial charge in [0.15, 0.2) is 11.9 Å². The van der Waals surface area contributed by atoms with Gasteiger partial charge in [0, 0.05) is 37.2 Å². The number of ether oxygens (including phenoxy) is 1. The second-order valence-electron chi connectivity index (χ2n) is 9.22. The molecule has 0 bridgehead atoms. The molecule has 0 aliphatic carbocycles. The van der Waals surface area contributed by atoms with Gasteiger partial charge in [-0.1, -0.05) is 55.5 Å². The molecule has 0 spiro atoms. The molecule has 3 heterocycles. The summed E-state index contributed by atoms with van der Waals surface area (Å²) in [6, 6.07) is 17.4. The van der Waals surface area contributed by atoms with Crippen molar-refractivity contribution in [1.29, 1.82) is 0 Å². The Balaban J connectivity index is 1.40. The minimum absolute atomic E-state index is 0.0338. The fourth-order valence-electron chi connectivity index (χ4n) is 4.74. The van der Waals surface area contributed by atoms with Crippen molar-refractivity contribution >= 4 is 0 Å². The van der Waals surface area contributed by atoms with Crippen molar-refractivity contribution in [3.63, 3.8) is 0 Å². The Hall–Kier alpha value is -3.82. The number of hydrogen-bond acceptors (Lipinski definition) is 8. The number of hydrogen-bond donors (Lipinski definition) is 0. The van der Waals surface area contributed by atoms with Gasteiger partial charge in [0.1, 0.15) is 5.82 Å². The first-order valence-corrected chi connectivity index (χ1v) is 12.7. The lowest BCUT2D eigenvalue weighted by Crippen LogP contribution is -2.39. The van der Waals surface area contributed by atoms with Crippen LogP contribution in [0.5, 0.6) is 6.08 Å². The van der Waals surface area contributed by atoms with Crippen molar-refractivity contribution in [3.8, 4) is 28.6 Å². The van der Waals surface area contributed by atoms with E-state index >= 15 is 0 Å². The smallest absolute Gasteiger partial charge is 0.254 e. The Labute approximate surface area is 215 Å². The largest absolute Gasteiger partial charge is 0.528 e. The van der Waals surface area contributed by atoms with Gasteiger partial charge in [-0.15, -0.1) is 0 Å². The molecule has 0 radical (unpaired) electrons. The van der Waals surface area contributed by atoms with Crippen molar-refractivity contribution in [2.75, 3.05) is 26.3 Å². The third kappa shape index (κ3) is 5.47. The Morgan fingerprint density at radius 3 is 2.43 bits per heavy atom. The molecule has 1 aliphatic rings. The van der Waals surface area contributed by atoms with E-state index in [1.807, 2.05) is 48.5 Å². The van der Waals surface area contributed by atoms with Crippen LogP contribution in [0.2, 0.25) is 0 Å². The first-order valence-electron chi connectivity index (χ1n) is 12.7. The van der Waals surface area contributed by atoms with Crippen LogP contribution in [0.25, 0.3) is 22.5 Å². The molecule has 0 N–H and O–H groups in total. The Morgan fingerprint density at radius 2 is 1.76 bits per heavy atom. The summed E-state index contributed by atoms with van der Waals surface area (Å²) in [5.74, 6) is 1.07. The van der Waals surface area contributed by atoms with Crippen molar-refractivity contribution in [3.05, 3.63) is 82.0 Å². The Kier molecular flexibility index (Phi) is 7.43. The van der Waals surface area contributed by atoms with Gasteiger partial charge in [-0.25, -0.2) is 9.97 Å². The van der Waals surface area contributed by atoms with Gasteiger partial charge in [-0.2, -0.15) is 5.16 Å². The zero-order valence-corrected chi connectivity index (χ0v) is 21.1. The van der Waals surface area contributed by atoms with Crippen LogP contribution in [0.4, 0.5) is 0 Å². The van der Waals surface area contributed by atoms with Gasteiger partial charge >= 0.3 is 0 Å². The second-order valence-corrected chi connectivity index (χ2v) is 9.22.